The summed E-state index contributed by atoms with van der Waals surface area (Å²) >= 11 is 5.79. The van der Waals surface area contributed by atoms with Gasteiger partial charge in [-0.05, 0) is 31.6 Å². The van der Waals surface area contributed by atoms with Gasteiger partial charge < -0.3 is 5.32 Å². The van der Waals surface area contributed by atoms with Crippen molar-refractivity contribution in [2.45, 2.75) is 18.2 Å². The van der Waals surface area contributed by atoms with Crippen molar-refractivity contribution in [3.05, 3.63) is 23.4 Å². The highest BCUT2D eigenvalue weighted by Crippen LogP contribution is 2.30. The number of hydrogen-bond acceptors (Lipinski definition) is 3. The third-order valence-electron chi connectivity index (χ3n) is 1.58. The maximum Gasteiger partial charge on any atom is 0.274 e. The first kappa shape index (κ1) is 10.9. The number of nitrogens with one attached hydrogen (secondary N) is 1. The summed E-state index contributed by atoms with van der Waals surface area (Å²) in [6.45, 7) is 3.47. The Balaban J connectivity index is 3.19. The summed E-state index contributed by atoms with van der Waals surface area (Å²) in [5.41, 5.74) is 1.43. The van der Waals surface area contributed by atoms with Gasteiger partial charge in [0.15, 0.2) is 0 Å². The molecule has 0 fully saturated rings. The van der Waals surface area contributed by atoms with Gasteiger partial charge in [-0.3, -0.25) is 0 Å². The topological polar surface area (TPSA) is 46.2 Å². The largest absolute Gasteiger partial charge is 0.354 e. The van der Waals surface area contributed by atoms with E-state index in [9.17, 15) is 8.42 Å². The Labute approximate surface area is 86.8 Å². The Morgan fingerprint density at radius 2 is 2.00 bits per heavy atom. The molecule has 0 saturated carbocycles. The van der Waals surface area contributed by atoms with Crippen molar-refractivity contribution in [2.24, 2.45) is 0 Å². The van der Waals surface area contributed by atoms with Crippen LogP contribution in [0.25, 0.3) is 0 Å². The summed E-state index contributed by atoms with van der Waals surface area (Å²) in [6.07, 6.45) is 3.15. The third-order valence-corrected chi connectivity index (χ3v) is 4.29. The highest BCUT2D eigenvalue weighted by Gasteiger charge is 2.40. The molecular weight excluding hydrogens is 233 g/mol. The molecule has 1 aliphatic heterocycles. The zero-order valence-corrected chi connectivity index (χ0v) is 9.46. The smallest absolute Gasteiger partial charge is 0.274 e. The van der Waals surface area contributed by atoms with E-state index in [1.54, 1.807) is 19.9 Å². The van der Waals surface area contributed by atoms with Crippen LogP contribution >= 0.6 is 22.3 Å². The fraction of sp³-hybridized carbons (Fsp3) is 0.429. The van der Waals surface area contributed by atoms with Crippen molar-refractivity contribution >= 4 is 31.3 Å². The fourth-order valence-corrected chi connectivity index (χ4v) is 2.33. The highest BCUT2D eigenvalue weighted by atomic mass is 35.7. The molecule has 0 bridgehead atoms. The standard InChI is InChI=1S/C7H9Cl2NO2S/c1-5-3-6(2)10-7(8,4-5)13(9,11)12/h3-4,10H,1-2H3. The molecule has 0 amide bonds. The lowest BCUT2D eigenvalue weighted by Gasteiger charge is -2.26. The average Bonchev–Trinajstić information content (AvgIpc) is 1.79. The number of halogens is 2. The summed E-state index contributed by atoms with van der Waals surface area (Å²) < 4.78 is 20.5. The number of allylic oxidation sites excluding steroid dienone is 3. The molecule has 6 heteroatoms. The van der Waals surface area contributed by atoms with Crippen molar-refractivity contribution in [3.8, 4) is 0 Å². The van der Waals surface area contributed by atoms with Gasteiger partial charge in [0.2, 0.25) is 4.33 Å². The van der Waals surface area contributed by atoms with Gasteiger partial charge in [0, 0.05) is 16.4 Å². The molecule has 3 nitrogen and oxygen atoms in total. The lowest BCUT2D eigenvalue weighted by atomic mass is 10.2. The molecule has 74 valence electrons. The van der Waals surface area contributed by atoms with Crippen LogP contribution in [0.15, 0.2) is 23.4 Å². The van der Waals surface area contributed by atoms with Crippen LogP contribution in [0, 0.1) is 0 Å². The second-order valence-electron chi connectivity index (χ2n) is 2.92. The quantitative estimate of drug-likeness (QED) is 0.434. The van der Waals surface area contributed by atoms with Crippen LogP contribution in [0.1, 0.15) is 13.8 Å². The van der Waals surface area contributed by atoms with Crippen LogP contribution in [0.3, 0.4) is 0 Å². The summed E-state index contributed by atoms with van der Waals surface area (Å²) in [6, 6.07) is 0. The van der Waals surface area contributed by atoms with Crippen molar-refractivity contribution in [3.63, 3.8) is 0 Å². The predicted octanol–water partition coefficient (Wildman–Crippen LogP) is 1.90. The van der Waals surface area contributed by atoms with Crippen molar-refractivity contribution < 1.29 is 8.42 Å². The van der Waals surface area contributed by atoms with E-state index >= 15 is 0 Å². The van der Waals surface area contributed by atoms with Crippen LogP contribution in [0.2, 0.25) is 0 Å². The Hall–Kier alpha value is -0.190. The Morgan fingerprint density at radius 3 is 2.38 bits per heavy atom. The zero-order chi connectivity index (χ0) is 10.3. The van der Waals surface area contributed by atoms with E-state index in [4.69, 9.17) is 22.3 Å². The van der Waals surface area contributed by atoms with Gasteiger partial charge in [-0.15, -0.1) is 0 Å². The zero-order valence-electron chi connectivity index (χ0n) is 7.14. The van der Waals surface area contributed by atoms with Crippen LogP contribution in [-0.2, 0) is 9.05 Å². The molecule has 0 spiro atoms. The van der Waals surface area contributed by atoms with E-state index < -0.39 is 13.4 Å². The van der Waals surface area contributed by atoms with Gasteiger partial charge in [0.1, 0.15) is 0 Å². The van der Waals surface area contributed by atoms with Crippen molar-refractivity contribution in [1.82, 2.24) is 5.32 Å². The molecule has 0 aliphatic carbocycles. The van der Waals surface area contributed by atoms with Gasteiger partial charge in [-0.1, -0.05) is 11.6 Å². The first-order valence-electron chi connectivity index (χ1n) is 3.54. The van der Waals surface area contributed by atoms with E-state index in [-0.39, 0.29) is 0 Å². The number of hydrogen-bond donors (Lipinski definition) is 1. The Kier molecular flexibility index (Phi) is 2.67. The van der Waals surface area contributed by atoms with Crippen molar-refractivity contribution in [2.75, 3.05) is 0 Å². The van der Waals surface area contributed by atoms with E-state index in [0.29, 0.717) is 5.70 Å². The van der Waals surface area contributed by atoms with Crippen LogP contribution in [-0.4, -0.2) is 12.7 Å². The molecule has 0 aromatic heterocycles. The SMILES string of the molecule is CC1=CC(Cl)(S(=O)(=O)Cl)NC(C)=C1. The summed E-state index contributed by atoms with van der Waals surface area (Å²) in [7, 11) is 1.31. The minimum Gasteiger partial charge on any atom is -0.354 e. The second kappa shape index (κ2) is 3.19. The normalized spacial score (nSPS) is 28.9. The van der Waals surface area contributed by atoms with E-state index in [0.717, 1.165) is 5.57 Å². The third kappa shape index (κ3) is 2.18. The molecule has 0 aromatic carbocycles. The molecule has 1 N–H and O–H groups in total. The average molecular weight is 242 g/mol. The molecule has 1 unspecified atom stereocenters. The maximum absolute atomic E-state index is 11.1. The summed E-state index contributed by atoms with van der Waals surface area (Å²) in [5, 5.41) is 2.59. The molecule has 0 saturated heterocycles. The number of dihydropyridines is 1. The molecule has 1 aliphatic rings. The Bertz CT molecular complexity index is 385. The highest BCUT2D eigenvalue weighted by molar-refractivity contribution is 8.15. The Morgan fingerprint density at radius 1 is 1.46 bits per heavy atom. The van der Waals surface area contributed by atoms with Gasteiger partial charge in [0.25, 0.3) is 9.05 Å². The molecule has 13 heavy (non-hydrogen) atoms. The molecular formula is C7H9Cl2NO2S. The number of rotatable bonds is 1. The van der Waals surface area contributed by atoms with E-state index in [1.165, 1.54) is 6.08 Å². The van der Waals surface area contributed by atoms with Gasteiger partial charge in [0.05, 0.1) is 0 Å². The van der Waals surface area contributed by atoms with Gasteiger partial charge in [-0.2, -0.15) is 0 Å². The minimum atomic E-state index is -3.88. The first-order chi connectivity index (χ1) is 5.74. The predicted molar refractivity (Wildman–Crippen MR) is 54.0 cm³/mol. The monoisotopic (exact) mass is 241 g/mol. The second-order valence-corrected chi connectivity index (χ2v) is 6.48. The van der Waals surface area contributed by atoms with Gasteiger partial charge >= 0.3 is 0 Å². The fourth-order valence-electron chi connectivity index (χ4n) is 1.15. The van der Waals surface area contributed by atoms with Crippen LogP contribution in [0.5, 0.6) is 0 Å². The van der Waals surface area contributed by atoms with Crippen LogP contribution < -0.4 is 5.32 Å². The maximum atomic E-state index is 11.1. The van der Waals surface area contributed by atoms with Gasteiger partial charge in [-0.25, -0.2) is 8.42 Å². The van der Waals surface area contributed by atoms with Crippen molar-refractivity contribution in [1.29, 1.82) is 0 Å². The van der Waals surface area contributed by atoms with Crippen LogP contribution in [0.4, 0.5) is 0 Å². The molecule has 0 radical (unpaired) electrons. The minimum absolute atomic E-state index is 0.666. The molecule has 0 aromatic rings. The van der Waals surface area contributed by atoms with E-state index in [1.807, 2.05) is 0 Å². The molecule has 1 atom stereocenters. The lowest BCUT2D eigenvalue weighted by Crippen LogP contribution is -2.43. The lowest BCUT2D eigenvalue weighted by molar-refractivity contribution is 0.583. The first-order valence-corrected chi connectivity index (χ1v) is 6.22. The number of alkyl halides is 1. The summed E-state index contributed by atoms with van der Waals surface area (Å²) in [4.78, 5) is 0. The summed E-state index contributed by atoms with van der Waals surface area (Å²) in [5.74, 6) is 0. The van der Waals surface area contributed by atoms with E-state index in [2.05, 4.69) is 5.32 Å². The molecule has 1 rings (SSSR count). The molecule has 1 heterocycles.